The van der Waals surface area contributed by atoms with Gasteiger partial charge in [-0.1, -0.05) is 60.7 Å². The number of piperidine rings is 2. The third-order valence-corrected chi connectivity index (χ3v) is 7.20. The van der Waals surface area contributed by atoms with Crippen molar-refractivity contribution in [3.63, 3.8) is 0 Å². The number of benzene rings is 2. The van der Waals surface area contributed by atoms with E-state index in [1.165, 1.54) is 24.2 Å². The Kier molecular flexibility index (Phi) is 3.93. The molecule has 2 aromatic rings. The highest BCUT2D eigenvalue weighted by molar-refractivity contribution is 5.22. The Bertz CT molecular complexity index is 683. The molecule has 6 rings (SSSR count). The summed E-state index contributed by atoms with van der Waals surface area (Å²) in [6.45, 7) is 7.03. The van der Waals surface area contributed by atoms with Crippen molar-refractivity contribution in [2.45, 2.75) is 18.9 Å². The number of nitrogens with one attached hydrogen (secondary N) is 2. The van der Waals surface area contributed by atoms with Crippen molar-refractivity contribution in [1.82, 2.24) is 0 Å². The molecule has 0 unspecified atom stereocenters. The van der Waals surface area contributed by atoms with Crippen molar-refractivity contribution < 1.29 is 14.9 Å². The van der Waals surface area contributed by atoms with Gasteiger partial charge in [-0.15, -0.1) is 0 Å². The third-order valence-electron chi connectivity index (χ3n) is 7.20. The number of fused-ring (bicyclic) bond motifs is 1. The quantitative estimate of drug-likeness (QED) is 0.689. The van der Waals surface area contributed by atoms with Crippen LogP contribution in [0.1, 0.15) is 11.1 Å². The number of aliphatic hydroxyl groups excluding tert-OH is 1. The zero-order valence-electron chi connectivity index (χ0n) is 15.5. The molecule has 3 N–H and O–H groups in total. The first-order valence-electron chi connectivity index (χ1n) is 10.1. The second-order valence-electron chi connectivity index (χ2n) is 9.16. The molecule has 4 saturated heterocycles. The van der Waals surface area contributed by atoms with Crippen molar-refractivity contribution in [1.29, 1.82) is 0 Å². The molecule has 4 aliphatic heterocycles. The van der Waals surface area contributed by atoms with E-state index in [-0.39, 0.29) is 16.9 Å². The minimum absolute atomic E-state index is 0.0216. The number of hydrogen-bond acceptors (Lipinski definition) is 1. The lowest BCUT2D eigenvalue weighted by Gasteiger charge is -2.55. The van der Waals surface area contributed by atoms with Gasteiger partial charge < -0.3 is 14.9 Å². The number of aliphatic hydroxyl groups is 1. The van der Waals surface area contributed by atoms with Crippen LogP contribution < -0.4 is 9.80 Å². The maximum Gasteiger partial charge on any atom is 0.127 e. The largest absolute Gasteiger partial charge is 0.391 e. The molecule has 0 spiro atoms. The van der Waals surface area contributed by atoms with E-state index in [1.807, 2.05) is 0 Å². The van der Waals surface area contributed by atoms with E-state index in [1.54, 1.807) is 9.80 Å². The first-order valence-corrected chi connectivity index (χ1v) is 10.1. The Morgan fingerprint density at radius 1 is 0.692 bits per heavy atom. The van der Waals surface area contributed by atoms with Crippen molar-refractivity contribution in [2.75, 3.05) is 39.3 Å². The monoisotopic (exact) mass is 350 g/mol. The van der Waals surface area contributed by atoms with Crippen LogP contribution in [0.15, 0.2) is 60.7 Å². The summed E-state index contributed by atoms with van der Waals surface area (Å²) in [6.07, 6.45) is 1.82. The van der Waals surface area contributed by atoms with E-state index in [0.29, 0.717) is 0 Å². The van der Waals surface area contributed by atoms with Gasteiger partial charge in [0, 0.05) is 0 Å². The molecule has 3 nitrogen and oxygen atoms in total. The fourth-order valence-electron chi connectivity index (χ4n) is 6.43. The van der Waals surface area contributed by atoms with E-state index in [9.17, 15) is 5.11 Å². The van der Waals surface area contributed by atoms with Crippen LogP contribution in [-0.4, -0.2) is 50.5 Å². The summed E-state index contributed by atoms with van der Waals surface area (Å²) in [4.78, 5) is 3.43. The van der Waals surface area contributed by atoms with E-state index < -0.39 is 0 Å². The van der Waals surface area contributed by atoms with Crippen LogP contribution in [0.3, 0.4) is 0 Å². The highest BCUT2D eigenvalue weighted by Gasteiger charge is 2.65. The Hall–Kier alpha value is -1.68. The van der Waals surface area contributed by atoms with Gasteiger partial charge in [0.15, 0.2) is 0 Å². The maximum absolute atomic E-state index is 11.7. The molecule has 3 heteroatoms. The van der Waals surface area contributed by atoms with E-state index in [0.717, 1.165) is 39.0 Å². The number of rotatable bonds is 4. The third kappa shape index (κ3) is 2.70. The van der Waals surface area contributed by atoms with Gasteiger partial charge in [0.1, 0.15) is 13.1 Å². The highest BCUT2D eigenvalue weighted by Crippen LogP contribution is 2.42. The molecule has 0 radical (unpaired) electrons. The summed E-state index contributed by atoms with van der Waals surface area (Å²) in [5.74, 6) is 0. The zero-order valence-corrected chi connectivity index (χ0v) is 15.5. The van der Waals surface area contributed by atoms with Crippen LogP contribution in [-0.2, 0) is 12.8 Å². The molecule has 26 heavy (non-hydrogen) atoms. The van der Waals surface area contributed by atoms with Crippen molar-refractivity contribution in [3.05, 3.63) is 71.8 Å². The van der Waals surface area contributed by atoms with Crippen LogP contribution in [0, 0.1) is 10.8 Å². The standard InChI is InChI=1S/C23H28N2O/c26-21-22(13-19-7-3-1-4-8-19)15-24-11-12-25(16-22)18-23(21,17-24)14-20-9-5-2-6-10-20/h1-10,21,26H,11-18H2/p+2. The Balaban J connectivity index is 1.53. The van der Waals surface area contributed by atoms with Gasteiger partial charge in [0.2, 0.25) is 0 Å². The molecule has 4 bridgehead atoms. The van der Waals surface area contributed by atoms with Crippen LogP contribution in [0.25, 0.3) is 0 Å². The van der Waals surface area contributed by atoms with Gasteiger partial charge in [-0.2, -0.15) is 0 Å². The number of hydrogen-bond donors (Lipinski definition) is 3. The van der Waals surface area contributed by atoms with E-state index in [4.69, 9.17) is 0 Å². The molecule has 0 aliphatic carbocycles. The fourth-order valence-corrected chi connectivity index (χ4v) is 6.43. The van der Waals surface area contributed by atoms with Crippen LogP contribution in [0.5, 0.6) is 0 Å². The molecule has 0 aromatic heterocycles. The van der Waals surface area contributed by atoms with Crippen molar-refractivity contribution in [2.24, 2.45) is 10.8 Å². The summed E-state index contributed by atoms with van der Waals surface area (Å²) < 4.78 is 0. The van der Waals surface area contributed by atoms with Crippen LogP contribution >= 0.6 is 0 Å². The molecule has 4 fully saturated rings. The SMILES string of the molecule is OC1C2(Cc3ccccc3)C[NH+]3CC[NH+](C2)CC1(Cc1ccccc1)C3. The summed E-state index contributed by atoms with van der Waals surface area (Å²) in [6, 6.07) is 21.7. The fraction of sp³-hybridized carbons (Fsp3) is 0.478. The van der Waals surface area contributed by atoms with Gasteiger partial charge in [0.05, 0.1) is 43.1 Å². The van der Waals surface area contributed by atoms with Gasteiger partial charge in [0.25, 0.3) is 0 Å². The molecule has 0 saturated carbocycles. The molecule has 2 aromatic carbocycles. The van der Waals surface area contributed by atoms with Crippen molar-refractivity contribution >= 4 is 0 Å². The highest BCUT2D eigenvalue weighted by atomic mass is 16.3. The lowest BCUT2D eigenvalue weighted by atomic mass is 9.58. The summed E-state index contributed by atoms with van der Waals surface area (Å²) in [5.41, 5.74) is 2.80. The average molecular weight is 351 g/mol. The Labute approximate surface area is 156 Å². The molecular formula is C23H30N2O+2. The summed E-state index contributed by atoms with van der Waals surface area (Å²) in [5, 5.41) is 11.7. The molecule has 0 amide bonds. The Morgan fingerprint density at radius 3 is 1.46 bits per heavy atom. The predicted molar refractivity (Wildman–Crippen MR) is 102 cm³/mol. The minimum Gasteiger partial charge on any atom is -0.391 e. The second-order valence-corrected chi connectivity index (χ2v) is 9.16. The van der Waals surface area contributed by atoms with Crippen LogP contribution in [0.2, 0.25) is 0 Å². The van der Waals surface area contributed by atoms with E-state index >= 15 is 0 Å². The van der Waals surface area contributed by atoms with Gasteiger partial charge in [-0.3, -0.25) is 0 Å². The lowest BCUT2D eigenvalue weighted by Crippen LogP contribution is -3.19. The molecule has 4 heterocycles. The summed E-state index contributed by atoms with van der Waals surface area (Å²) >= 11 is 0. The average Bonchev–Trinajstić information content (AvgIpc) is 2.88. The maximum atomic E-state index is 11.7. The minimum atomic E-state index is -0.207. The van der Waals surface area contributed by atoms with Crippen molar-refractivity contribution in [3.8, 4) is 0 Å². The first-order chi connectivity index (χ1) is 12.7. The molecular weight excluding hydrogens is 320 g/mol. The lowest BCUT2D eigenvalue weighted by molar-refractivity contribution is -0.919. The van der Waals surface area contributed by atoms with Crippen LogP contribution in [0.4, 0.5) is 0 Å². The molecule has 0 atom stereocenters. The normalized spacial score (nSPS) is 38.3. The predicted octanol–water partition coefficient (Wildman–Crippen LogP) is -0.384. The van der Waals surface area contributed by atoms with E-state index in [2.05, 4.69) is 60.7 Å². The summed E-state index contributed by atoms with van der Waals surface area (Å²) in [7, 11) is 0. The van der Waals surface area contributed by atoms with Gasteiger partial charge in [-0.25, -0.2) is 0 Å². The topological polar surface area (TPSA) is 29.1 Å². The molecule has 136 valence electrons. The molecule has 4 aliphatic rings. The Morgan fingerprint density at radius 2 is 1.08 bits per heavy atom. The smallest absolute Gasteiger partial charge is 0.127 e. The zero-order chi connectivity index (χ0) is 17.6. The second kappa shape index (κ2) is 6.19. The number of quaternary nitrogens is 2. The first kappa shape index (κ1) is 16.5. The van der Waals surface area contributed by atoms with Gasteiger partial charge in [-0.05, 0) is 24.0 Å². The van der Waals surface area contributed by atoms with Gasteiger partial charge >= 0.3 is 0 Å².